The molecule has 1 aliphatic rings. The van der Waals surface area contributed by atoms with Gasteiger partial charge in [-0.05, 0) is 45.7 Å². The van der Waals surface area contributed by atoms with Gasteiger partial charge in [-0.1, -0.05) is 23.8 Å². The largest absolute Gasteiger partial charge is 0.266 e. The van der Waals surface area contributed by atoms with Gasteiger partial charge in [0.15, 0.2) is 0 Å². The highest BCUT2D eigenvalue weighted by Gasteiger charge is 2.64. The van der Waals surface area contributed by atoms with Gasteiger partial charge in [0.2, 0.25) is 0 Å². The Bertz CT molecular complexity index is 442. The summed E-state index contributed by atoms with van der Waals surface area (Å²) in [6, 6.07) is 5.67. The van der Waals surface area contributed by atoms with Gasteiger partial charge in [-0.2, -0.15) is 0 Å². The van der Waals surface area contributed by atoms with Crippen LogP contribution in [0.2, 0.25) is 0 Å². The van der Waals surface area contributed by atoms with Crippen LogP contribution < -0.4 is 0 Å². The van der Waals surface area contributed by atoms with Gasteiger partial charge in [0.25, 0.3) is 5.92 Å². The molecule has 0 amide bonds. The maximum absolute atomic E-state index is 14.4. The predicted octanol–water partition coefficient (Wildman–Crippen LogP) is 4.20. The van der Waals surface area contributed by atoms with Crippen LogP contribution in [-0.4, -0.2) is 5.92 Å². The molecule has 0 saturated carbocycles. The molecule has 0 nitrogen and oxygen atoms in total. The highest BCUT2D eigenvalue weighted by molar-refractivity contribution is 5.50. The van der Waals surface area contributed by atoms with E-state index in [1.165, 1.54) is 0 Å². The Kier molecular flexibility index (Phi) is 2.06. The average molecular weight is 224 g/mol. The number of benzene rings is 1. The minimum atomic E-state index is -2.71. The number of hydrogen-bond acceptors (Lipinski definition) is 0. The zero-order valence-corrected chi connectivity index (χ0v) is 10.5. The van der Waals surface area contributed by atoms with Crippen molar-refractivity contribution in [2.75, 3.05) is 0 Å². The SMILES string of the molecule is Cc1ccc2c(c1)C(C)(C)C(F)(F)C2(C)C. The van der Waals surface area contributed by atoms with Gasteiger partial charge in [0, 0.05) is 0 Å². The lowest BCUT2D eigenvalue weighted by molar-refractivity contribution is -0.105. The molecule has 0 saturated heterocycles. The Morgan fingerprint density at radius 3 is 1.94 bits per heavy atom. The van der Waals surface area contributed by atoms with E-state index in [2.05, 4.69) is 0 Å². The van der Waals surface area contributed by atoms with Crippen molar-refractivity contribution in [2.24, 2.45) is 0 Å². The lowest BCUT2D eigenvalue weighted by atomic mass is 9.77. The van der Waals surface area contributed by atoms with Crippen LogP contribution >= 0.6 is 0 Å². The third kappa shape index (κ3) is 1.08. The zero-order chi connectivity index (χ0) is 12.4. The van der Waals surface area contributed by atoms with E-state index in [1.54, 1.807) is 27.7 Å². The predicted molar refractivity (Wildman–Crippen MR) is 62.2 cm³/mol. The van der Waals surface area contributed by atoms with Crippen LogP contribution in [0.1, 0.15) is 44.4 Å². The van der Waals surface area contributed by atoms with Crippen molar-refractivity contribution < 1.29 is 8.78 Å². The number of fused-ring (bicyclic) bond motifs is 1. The maximum atomic E-state index is 14.4. The molecule has 0 bridgehead atoms. The molecule has 0 spiro atoms. The topological polar surface area (TPSA) is 0 Å². The molecule has 0 unspecified atom stereocenters. The van der Waals surface area contributed by atoms with E-state index >= 15 is 0 Å². The number of alkyl halides is 2. The van der Waals surface area contributed by atoms with Crippen LogP contribution in [-0.2, 0) is 10.8 Å². The number of aryl methyl sites for hydroxylation is 1. The second-order valence-corrected chi connectivity index (χ2v) is 5.87. The summed E-state index contributed by atoms with van der Waals surface area (Å²) in [4.78, 5) is 0. The Morgan fingerprint density at radius 2 is 1.38 bits per heavy atom. The summed E-state index contributed by atoms with van der Waals surface area (Å²) in [6.45, 7) is 8.49. The molecule has 0 aliphatic heterocycles. The number of hydrogen-bond donors (Lipinski definition) is 0. The molecule has 0 N–H and O–H groups in total. The van der Waals surface area contributed by atoms with Gasteiger partial charge in [0.05, 0.1) is 10.8 Å². The van der Waals surface area contributed by atoms with Crippen molar-refractivity contribution in [3.8, 4) is 0 Å². The molecule has 2 heteroatoms. The summed E-state index contributed by atoms with van der Waals surface area (Å²) in [5, 5.41) is 0. The van der Waals surface area contributed by atoms with Crippen LogP contribution in [0.4, 0.5) is 8.78 Å². The molecule has 0 aromatic heterocycles. The minimum Gasteiger partial charge on any atom is -0.205 e. The standard InChI is InChI=1S/C14H18F2/c1-9-6-7-10-11(8-9)13(4,5)14(15,16)12(10,2)3/h6-8H,1-5H3. The summed E-state index contributed by atoms with van der Waals surface area (Å²) in [5.74, 6) is -2.71. The second-order valence-electron chi connectivity index (χ2n) is 5.87. The molecular formula is C14H18F2. The molecule has 2 rings (SSSR count). The van der Waals surface area contributed by atoms with Crippen LogP contribution in [0.3, 0.4) is 0 Å². The first kappa shape index (κ1) is 11.6. The summed E-state index contributed by atoms with van der Waals surface area (Å²) in [7, 11) is 0. The van der Waals surface area contributed by atoms with Crippen LogP contribution in [0.5, 0.6) is 0 Å². The minimum absolute atomic E-state index is 0.785. The second kappa shape index (κ2) is 2.85. The summed E-state index contributed by atoms with van der Waals surface area (Å²) < 4.78 is 28.8. The van der Waals surface area contributed by atoms with Crippen molar-refractivity contribution >= 4 is 0 Å². The fourth-order valence-electron chi connectivity index (χ4n) is 2.84. The maximum Gasteiger partial charge on any atom is 0.266 e. The Labute approximate surface area is 95.7 Å². The van der Waals surface area contributed by atoms with Crippen LogP contribution in [0.15, 0.2) is 18.2 Å². The third-order valence-corrected chi connectivity index (χ3v) is 4.09. The van der Waals surface area contributed by atoms with Gasteiger partial charge >= 0.3 is 0 Å². The molecule has 1 aromatic carbocycles. The average Bonchev–Trinajstić information content (AvgIpc) is 2.24. The van der Waals surface area contributed by atoms with E-state index in [9.17, 15) is 8.78 Å². The molecule has 16 heavy (non-hydrogen) atoms. The van der Waals surface area contributed by atoms with Crippen molar-refractivity contribution in [1.82, 2.24) is 0 Å². The first-order valence-corrected chi connectivity index (χ1v) is 5.62. The van der Waals surface area contributed by atoms with E-state index in [-0.39, 0.29) is 0 Å². The van der Waals surface area contributed by atoms with Gasteiger partial charge in [-0.3, -0.25) is 0 Å². The fraction of sp³-hybridized carbons (Fsp3) is 0.571. The summed E-state index contributed by atoms with van der Waals surface area (Å²) in [6.07, 6.45) is 0. The van der Waals surface area contributed by atoms with Gasteiger partial charge in [-0.25, -0.2) is 8.78 Å². The van der Waals surface area contributed by atoms with E-state index in [4.69, 9.17) is 0 Å². The third-order valence-electron chi connectivity index (χ3n) is 4.09. The lowest BCUT2D eigenvalue weighted by Crippen LogP contribution is -2.46. The normalized spacial score (nSPS) is 24.2. The Hall–Kier alpha value is -0.920. The van der Waals surface area contributed by atoms with Gasteiger partial charge in [-0.15, -0.1) is 0 Å². The molecular weight excluding hydrogens is 206 g/mol. The fourth-order valence-corrected chi connectivity index (χ4v) is 2.84. The van der Waals surface area contributed by atoms with Crippen LogP contribution in [0, 0.1) is 6.92 Å². The molecule has 0 heterocycles. The molecule has 1 aliphatic carbocycles. The van der Waals surface area contributed by atoms with Crippen LogP contribution in [0.25, 0.3) is 0 Å². The first-order chi connectivity index (χ1) is 7.12. The highest BCUT2D eigenvalue weighted by atomic mass is 19.3. The monoisotopic (exact) mass is 224 g/mol. The van der Waals surface area contributed by atoms with Crippen molar-refractivity contribution in [3.05, 3.63) is 34.9 Å². The quantitative estimate of drug-likeness (QED) is 0.619. The van der Waals surface area contributed by atoms with Crippen molar-refractivity contribution in [2.45, 2.75) is 51.4 Å². The van der Waals surface area contributed by atoms with E-state index in [0.717, 1.165) is 16.7 Å². The lowest BCUT2D eigenvalue weighted by Gasteiger charge is -2.35. The molecule has 0 radical (unpaired) electrons. The zero-order valence-electron chi connectivity index (χ0n) is 10.5. The summed E-state index contributed by atoms with van der Waals surface area (Å²) in [5.41, 5.74) is 0.452. The van der Waals surface area contributed by atoms with E-state index in [0.29, 0.717) is 0 Å². The Balaban J connectivity index is 2.79. The van der Waals surface area contributed by atoms with E-state index < -0.39 is 16.8 Å². The molecule has 0 fully saturated rings. The van der Waals surface area contributed by atoms with Gasteiger partial charge in [0.1, 0.15) is 0 Å². The van der Waals surface area contributed by atoms with Crippen molar-refractivity contribution in [3.63, 3.8) is 0 Å². The van der Waals surface area contributed by atoms with E-state index in [1.807, 2.05) is 25.1 Å². The molecule has 88 valence electrons. The number of halogens is 2. The number of rotatable bonds is 0. The molecule has 1 aromatic rings. The van der Waals surface area contributed by atoms with Gasteiger partial charge < -0.3 is 0 Å². The highest BCUT2D eigenvalue weighted by Crippen LogP contribution is 2.59. The van der Waals surface area contributed by atoms with Crippen molar-refractivity contribution in [1.29, 1.82) is 0 Å². The molecule has 0 atom stereocenters. The Morgan fingerprint density at radius 1 is 0.875 bits per heavy atom. The smallest absolute Gasteiger partial charge is 0.205 e. The first-order valence-electron chi connectivity index (χ1n) is 5.62. The summed E-state index contributed by atoms with van der Waals surface area (Å²) >= 11 is 0.